The van der Waals surface area contributed by atoms with E-state index in [-0.39, 0.29) is 12.4 Å². The highest BCUT2D eigenvalue weighted by molar-refractivity contribution is 6.08. The fourth-order valence-electron chi connectivity index (χ4n) is 2.54. The van der Waals surface area contributed by atoms with Gasteiger partial charge in [0.2, 0.25) is 0 Å². The Morgan fingerprint density at radius 1 is 0.688 bits per heavy atom. The molecule has 7 nitrogen and oxygen atoms in total. The van der Waals surface area contributed by atoms with E-state index in [1.165, 1.54) is 0 Å². The summed E-state index contributed by atoms with van der Waals surface area (Å²) in [5.41, 5.74) is 1.65. The Bertz CT molecular complexity index is 831. The van der Waals surface area contributed by atoms with Crippen LogP contribution in [0, 0.1) is 0 Å². The Hall–Kier alpha value is -3.00. The van der Waals surface area contributed by atoms with E-state index in [2.05, 4.69) is 6.58 Å². The van der Waals surface area contributed by atoms with Crippen molar-refractivity contribution in [1.82, 2.24) is 0 Å². The topological polar surface area (TPSA) is 80.3 Å². The van der Waals surface area contributed by atoms with Crippen molar-refractivity contribution in [2.45, 2.75) is 6.92 Å². The molecule has 32 heavy (non-hydrogen) atoms. The van der Waals surface area contributed by atoms with Crippen molar-refractivity contribution in [3.05, 3.63) is 77.9 Å². The van der Waals surface area contributed by atoms with Crippen molar-refractivity contribution in [2.75, 3.05) is 52.9 Å². The zero-order valence-electron chi connectivity index (χ0n) is 18.4. The normalized spacial score (nSPS) is 10.5. The van der Waals surface area contributed by atoms with Crippen molar-refractivity contribution in [1.29, 1.82) is 0 Å². The Balaban J connectivity index is 1.45. The molecule has 0 fully saturated rings. The minimum atomic E-state index is -0.416. The minimum absolute atomic E-state index is 0.0166. The quantitative estimate of drug-likeness (QED) is 0.170. The Morgan fingerprint density at radius 2 is 1.19 bits per heavy atom. The number of ketones is 1. The van der Waals surface area contributed by atoms with Crippen LogP contribution in [0.4, 0.5) is 0 Å². The van der Waals surface area contributed by atoms with Gasteiger partial charge in [0.15, 0.2) is 5.78 Å². The van der Waals surface area contributed by atoms with Crippen LogP contribution in [0.2, 0.25) is 0 Å². The largest absolute Gasteiger partial charge is 0.491 e. The molecular weight excluding hydrogens is 412 g/mol. The Morgan fingerprint density at radius 3 is 1.75 bits per heavy atom. The molecule has 0 aliphatic rings. The maximum absolute atomic E-state index is 12.4. The van der Waals surface area contributed by atoms with Crippen LogP contribution in [0.25, 0.3) is 0 Å². The number of ether oxygens (including phenoxy) is 5. The second-order valence-electron chi connectivity index (χ2n) is 6.82. The van der Waals surface area contributed by atoms with Crippen LogP contribution in [0.15, 0.2) is 66.7 Å². The lowest BCUT2D eigenvalue weighted by Gasteiger charge is -2.09. The molecule has 0 unspecified atom stereocenters. The number of benzene rings is 2. The van der Waals surface area contributed by atoms with E-state index in [9.17, 15) is 9.59 Å². The van der Waals surface area contributed by atoms with Crippen molar-refractivity contribution in [2.24, 2.45) is 0 Å². The van der Waals surface area contributed by atoms with Crippen LogP contribution in [0.5, 0.6) is 5.75 Å². The zero-order chi connectivity index (χ0) is 23.0. The average Bonchev–Trinajstić information content (AvgIpc) is 2.82. The molecule has 2 aromatic rings. The standard InChI is InChI=1S/C25H30O7/c1-20(2)25(27)32-19-17-30-15-13-28-12-14-29-16-18-31-23-10-8-22(9-11-23)24(26)21-6-4-3-5-7-21/h3-11H,1,12-19H2,2H3. The first-order valence-electron chi connectivity index (χ1n) is 10.5. The van der Waals surface area contributed by atoms with Crippen LogP contribution in [-0.4, -0.2) is 64.6 Å². The molecule has 0 saturated heterocycles. The van der Waals surface area contributed by atoms with Crippen molar-refractivity contribution < 1.29 is 33.3 Å². The number of rotatable bonds is 16. The molecule has 0 aliphatic carbocycles. The van der Waals surface area contributed by atoms with E-state index < -0.39 is 5.97 Å². The van der Waals surface area contributed by atoms with E-state index in [0.717, 1.165) is 0 Å². The molecule has 2 rings (SSSR count). The Labute approximate surface area is 188 Å². The molecule has 0 N–H and O–H groups in total. The lowest BCUT2D eigenvalue weighted by molar-refractivity contribution is -0.140. The summed E-state index contributed by atoms with van der Waals surface area (Å²) in [5, 5.41) is 0. The van der Waals surface area contributed by atoms with Crippen LogP contribution in [0.3, 0.4) is 0 Å². The molecule has 2 aromatic carbocycles. The summed E-state index contributed by atoms with van der Waals surface area (Å²) < 4.78 is 26.7. The van der Waals surface area contributed by atoms with Crippen LogP contribution >= 0.6 is 0 Å². The number of esters is 1. The molecule has 0 atom stereocenters. The van der Waals surface area contributed by atoms with Gasteiger partial charge in [-0.2, -0.15) is 0 Å². The summed E-state index contributed by atoms with van der Waals surface area (Å²) in [6, 6.07) is 16.2. The first-order valence-corrected chi connectivity index (χ1v) is 10.5. The summed E-state index contributed by atoms with van der Waals surface area (Å²) in [5.74, 6) is 0.249. The molecule has 172 valence electrons. The van der Waals surface area contributed by atoms with E-state index in [1.807, 2.05) is 18.2 Å². The molecule has 0 bridgehead atoms. The van der Waals surface area contributed by atoms with Crippen molar-refractivity contribution in [3.63, 3.8) is 0 Å². The third-order valence-corrected chi connectivity index (χ3v) is 4.20. The van der Waals surface area contributed by atoms with Crippen LogP contribution in [0.1, 0.15) is 22.8 Å². The minimum Gasteiger partial charge on any atom is -0.491 e. The molecule has 7 heteroatoms. The maximum atomic E-state index is 12.4. The predicted octanol–water partition coefficient (Wildman–Crippen LogP) is 3.47. The third kappa shape index (κ3) is 9.87. The van der Waals surface area contributed by atoms with Gasteiger partial charge in [0, 0.05) is 16.7 Å². The van der Waals surface area contributed by atoms with Gasteiger partial charge in [0.25, 0.3) is 0 Å². The molecule has 0 spiro atoms. The highest BCUT2D eigenvalue weighted by atomic mass is 16.6. The lowest BCUT2D eigenvalue weighted by Crippen LogP contribution is -2.15. The third-order valence-electron chi connectivity index (χ3n) is 4.20. The van der Waals surface area contributed by atoms with Gasteiger partial charge in [0.1, 0.15) is 19.0 Å². The highest BCUT2D eigenvalue weighted by Gasteiger charge is 2.08. The second-order valence-corrected chi connectivity index (χ2v) is 6.82. The first kappa shape index (κ1) is 25.3. The highest BCUT2D eigenvalue weighted by Crippen LogP contribution is 2.15. The molecule has 0 saturated carbocycles. The van der Waals surface area contributed by atoms with E-state index in [0.29, 0.717) is 68.7 Å². The van der Waals surface area contributed by atoms with Gasteiger partial charge >= 0.3 is 5.97 Å². The molecular formula is C25H30O7. The van der Waals surface area contributed by atoms with Gasteiger partial charge in [-0.1, -0.05) is 36.9 Å². The monoisotopic (exact) mass is 442 g/mol. The molecule has 0 amide bonds. The van der Waals surface area contributed by atoms with Crippen molar-refractivity contribution >= 4 is 11.8 Å². The van der Waals surface area contributed by atoms with Crippen LogP contribution < -0.4 is 4.74 Å². The lowest BCUT2D eigenvalue weighted by atomic mass is 10.0. The van der Waals surface area contributed by atoms with E-state index >= 15 is 0 Å². The molecule has 0 aliphatic heterocycles. The number of hydrogen-bond acceptors (Lipinski definition) is 7. The van der Waals surface area contributed by atoms with Gasteiger partial charge in [-0.15, -0.1) is 0 Å². The van der Waals surface area contributed by atoms with E-state index in [4.69, 9.17) is 23.7 Å². The summed E-state index contributed by atoms with van der Waals surface area (Å²) in [6.45, 7) is 8.18. The van der Waals surface area contributed by atoms with Gasteiger partial charge in [-0.3, -0.25) is 4.79 Å². The number of hydrogen-bond donors (Lipinski definition) is 0. The summed E-state index contributed by atoms with van der Waals surface area (Å²) in [4.78, 5) is 23.5. The average molecular weight is 443 g/mol. The van der Waals surface area contributed by atoms with Gasteiger partial charge < -0.3 is 23.7 Å². The molecule has 0 radical (unpaired) electrons. The van der Waals surface area contributed by atoms with Gasteiger partial charge in [-0.25, -0.2) is 4.79 Å². The molecule has 0 aromatic heterocycles. The summed E-state index contributed by atoms with van der Waals surface area (Å²) in [6.07, 6.45) is 0. The maximum Gasteiger partial charge on any atom is 0.333 e. The van der Waals surface area contributed by atoms with Gasteiger partial charge in [-0.05, 0) is 31.2 Å². The Kier molecular flexibility index (Phi) is 11.8. The smallest absolute Gasteiger partial charge is 0.333 e. The van der Waals surface area contributed by atoms with Crippen LogP contribution in [-0.2, 0) is 23.7 Å². The number of carbonyl (C=O) groups excluding carboxylic acids is 2. The fraction of sp³-hybridized carbons (Fsp3) is 0.360. The number of carbonyl (C=O) groups is 2. The zero-order valence-corrected chi connectivity index (χ0v) is 18.4. The second kappa shape index (κ2) is 14.9. The molecule has 0 heterocycles. The van der Waals surface area contributed by atoms with E-state index in [1.54, 1.807) is 43.3 Å². The van der Waals surface area contributed by atoms with Gasteiger partial charge in [0.05, 0.1) is 39.6 Å². The first-order chi connectivity index (χ1) is 15.6. The fourth-order valence-corrected chi connectivity index (χ4v) is 2.54. The van der Waals surface area contributed by atoms with Crippen molar-refractivity contribution in [3.8, 4) is 5.75 Å². The summed E-state index contributed by atoms with van der Waals surface area (Å²) in [7, 11) is 0. The SMILES string of the molecule is C=C(C)C(=O)OCCOCCOCCOCCOc1ccc(C(=O)c2ccccc2)cc1. The predicted molar refractivity (Wildman–Crippen MR) is 120 cm³/mol. The summed E-state index contributed by atoms with van der Waals surface area (Å²) >= 11 is 0.